The lowest BCUT2D eigenvalue weighted by Crippen LogP contribution is -2.33. The number of hydrogen-bond acceptors (Lipinski definition) is 1. The number of nitrogens with zero attached hydrogens (tertiary/aromatic N) is 2. The largest absolute Gasteiger partial charge is 0.310 e. The Morgan fingerprint density at radius 1 is 0.451 bits per heavy atom. The van der Waals surface area contributed by atoms with E-state index in [2.05, 4.69) is 204 Å². The second-order valence-electron chi connectivity index (χ2n) is 14.1. The average molecular weight is 651 g/mol. The summed E-state index contributed by atoms with van der Waals surface area (Å²) in [4.78, 5) is 2.44. The first-order chi connectivity index (χ1) is 25.3. The molecule has 3 atom stereocenters. The fourth-order valence-corrected chi connectivity index (χ4v) is 9.71. The molecule has 0 N–H and O–H groups in total. The molecule has 1 heterocycles. The molecule has 2 heteroatoms. The number of rotatable bonds is 4. The molecular formula is C49H34N2. The van der Waals surface area contributed by atoms with Gasteiger partial charge in [0.1, 0.15) is 0 Å². The molecular weight excluding hydrogens is 617 g/mol. The molecule has 0 radical (unpaired) electrons. The zero-order valence-electron chi connectivity index (χ0n) is 28.0. The summed E-state index contributed by atoms with van der Waals surface area (Å²) in [5.74, 6) is 0.631. The third-order valence-corrected chi connectivity index (χ3v) is 11.7. The van der Waals surface area contributed by atoms with Gasteiger partial charge >= 0.3 is 0 Å². The van der Waals surface area contributed by atoms with Crippen LogP contribution in [0.3, 0.4) is 0 Å². The molecule has 3 aliphatic rings. The van der Waals surface area contributed by atoms with E-state index < -0.39 is 0 Å². The van der Waals surface area contributed by atoms with Crippen LogP contribution in [-0.4, -0.2) is 4.57 Å². The van der Waals surface area contributed by atoms with E-state index in [1.54, 1.807) is 0 Å². The zero-order valence-corrected chi connectivity index (χ0v) is 28.0. The van der Waals surface area contributed by atoms with Gasteiger partial charge in [0, 0.05) is 45.4 Å². The average Bonchev–Trinajstić information content (AvgIpc) is 3.80. The smallest absolute Gasteiger partial charge is 0.0542 e. The lowest BCUT2D eigenvalue weighted by molar-refractivity contribution is 0.465. The molecule has 2 nitrogen and oxygen atoms in total. The number of fused-ring (bicyclic) bond motifs is 13. The minimum atomic E-state index is -0.278. The van der Waals surface area contributed by atoms with Crippen molar-refractivity contribution in [2.24, 2.45) is 5.92 Å². The van der Waals surface area contributed by atoms with Gasteiger partial charge in [-0.15, -0.1) is 0 Å². The SMILES string of the molecule is C1=CC2c3ccccc3C3(c4ccccc4-c4ccc(N(c5ccccc5)c5ccc6c(c5)c5ccccc5n6-c5ccccc5)cc43)C2C=C1. The van der Waals surface area contributed by atoms with Crippen molar-refractivity contribution in [1.29, 1.82) is 0 Å². The van der Waals surface area contributed by atoms with Crippen LogP contribution in [0.1, 0.15) is 28.2 Å². The standard InChI is InChI=1S/C49H34N2/c1-3-15-33(16-4-1)50(35-28-30-48-42(31-35)41-22-10-14-26-47(41)51(48)34-17-5-2-6-18-34)36-27-29-40-39-21-9-13-25-45(39)49(46(40)32-36)43-23-11-7-19-37(43)38-20-8-12-24-44(38)49/h1-32,37,43H. The number of hydrogen-bond donors (Lipinski definition) is 0. The van der Waals surface area contributed by atoms with Gasteiger partial charge in [0.15, 0.2) is 0 Å². The molecule has 7 aromatic carbocycles. The predicted molar refractivity (Wildman–Crippen MR) is 212 cm³/mol. The van der Waals surface area contributed by atoms with Crippen molar-refractivity contribution in [2.75, 3.05) is 4.90 Å². The highest BCUT2D eigenvalue weighted by atomic mass is 15.1. The fraction of sp³-hybridized carbons (Fsp3) is 0.0612. The maximum atomic E-state index is 2.51. The van der Waals surface area contributed by atoms with E-state index in [4.69, 9.17) is 0 Å². The third-order valence-electron chi connectivity index (χ3n) is 11.7. The van der Waals surface area contributed by atoms with E-state index in [1.807, 2.05) is 0 Å². The van der Waals surface area contributed by atoms with E-state index in [1.165, 1.54) is 60.9 Å². The van der Waals surface area contributed by atoms with Crippen molar-refractivity contribution >= 4 is 38.9 Å². The van der Waals surface area contributed by atoms with Gasteiger partial charge in [-0.05, 0) is 94.0 Å². The Balaban J connectivity index is 1.16. The first kappa shape index (κ1) is 28.5. The lowest BCUT2D eigenvalue weighted by Gasteiger charge is -2.36. The second-order valence-corrected chi connectivity index (χ2v) is 14.1. The molecule has 0 amide bonds. The van der Waals surface area contributed by atoms with Crippen LogP contribution in [-0.2, 0) is 5.41 Å². The summed E-state index contributed by atoms with van der Waals surface area (Å²) < 4.78 is 2.39. The van der Waals surface area contributed by atoms with Gasteiger partial charge in [0.2, 0.25) is 0 Å². The molecule has 240 valence electrons. The normalized spacial score (nSPS) is 19.3. The molecule has 3 unspecified atom stereocenters. The van der Waals surface area contributed by atoms with Crippen LogP contribution in [0.2, 0.25) is 0 Å². The molecule has 3 aliphatic carbocycles. The van der Waals surface area contributed by atoms with E-state index in [-0.39, 0.29) is 5.41 Å². The molecule has 8 aromatic rings. The Labute approximate surface area is 297 Å². The zero-order chi connectivity index (χ0) is 33.5. The minimum Gasteiger partial charge on any atom is -0.310 e. The van der Waals surface area contributed by atoms with Gasteiger partial charge in [-0.2, -0.15) is 0 Å². The van der Waals surface area contributed by atoms with Gasteiger partial charge in [-0.3, -0.25) is 0 Å². The monoisotopic (exact) mass is 650 g/mol. The van der Waals surface area contributed by atoms with Crippen molar-refractivity contribution in [2.45, 2.75) is 11.3 Å². The van der Waals surface area contributed by atoms with Crippen LogP contribution >= 0.6 is 0 Å². The van der Waals surface area contributed by atoms with Crippen molar-refractivity contribution in [3.05, 3.63) is 216 Å². The molecule has 1 spiro atoms. The lowest BCUT2D eigenvalue weighted by atomic mass is 9.65. The first-order valence-electron chi connectivity index (χ1n) is 17.9. The first-order valence-corrected chi connectivity index (χ1v) is 17.9. The Kier molecular flexibility index (Phi) is 6.03. The maximum absolute atomic E-state index is 2.51. The summed E-state index contributed by atoms with van der Waals surface area (Å²) in [5.41, 5.74) is 15.1. The van der Waals surface area contributed by atoms with Crippen molar-refractivity contribution in [1.82, 2.24) is 4.57 Å². The maximum Gasteiger partial charge on any atom is 0.0542 e. The van der Waals surface area contributed by atoms with E-state index in [0.29, 0.717) is 11.8 Å². The van der Waals surface area contributed by atoms with Gasteiger partial charge in [-0.25, -0.2) is 0 Å². The number of aromatic nitrogens is 1. The van der Waals surface area contributed by atoms with E-state index in [9.17, 15) is 0 Å². The molecule has 0 fully saturated rings. The molecule has 0 saturated carbocycles. The highest BCUT2D eigenvalue weighted by Gasteiger charge is 2.57. The quantitative estimate of drug-likeness (QED) is 0.184. The fourth-order valence-electron chi connectivity index (χ4n) is 9.71. The highest BCUT2D eigenvalue weighted by Crippen LogP contribution is 2.65. The van der Waals surface area contributed by atoms with E-state index in [0.717, 1.165) is 17.1 Å². The Hall–Kier alpha value is -6.38. The second kappa shape index (κ2) is 10.8. The third kappa shape index (κ3) is 3.88. The summed E-state index contributed by atoms with van der Waals surface area (Å²) in [6.07, 6.45) is 9.38. The van der Waals surface area contributed by atoms with Gasteiger partial charge in [-0.1, -0.05) is 133 Å². The minimum absolute atomic E-state index is 0.278. The summed E-state index contributed by atoms with van der Waals surface area (Å²) in [5, 5.41) is 2.49. The van der Waals surface area contributed by atoms with Crippen LogP contribution in [0.15, 0.2) is 194 Å². The topological polar surface area (TPSA) is 8.17 Å². The Morgan fingerprint density at radius 3 is 1.98 bits per heavy atom. The van der Waals surface area contributed by atoms with Crippen LogP contribution in [0.5, 0.6) is 0 Å². The van der Waals surface area contributed by atoms with Gasteiger partial charge in [0.05, 0.1) is 16.4 Å². The Morgan fingerprint density at radius 2 is 1.10 bits per heavy atom. The van der Waals surface area contributed by atoms with Crippen molar-refractivity contribution in [3.8, 4) is 16.8 Å². The predicted octanol–water partition coefficient (Wildman–Crippen LogP) is 12.4. The number of benzene rings is 7. The highest BCUT2D eigenvalue weighted by molar-refractivity contribution is 6.10. The van der Waals surface area contributed by atoms with Crippen molar-refractivity contribution in [3.63, 3.8) is 0 Å². The molecule has 0 aliphatic heterocycles. The van der Waals surface area contributed by atoms with Crippen molar-refractivity contribution < 1.29 is 0 Å². The number of allylic oxidation sites excluding steroid dienone is 4. The molecule has 11 rings (SSSR count). The van der Waals surface area contributed by atoms with Crippen LogP contribution in [0, 0.1) is 5.92 Å². The van der Waals surface area contributed by atoms with Crippen LogP contribution in [0.25, 0.3) is 38.6 Å². The summed E-state index contributed by atoms with van der Waals surface area (Å²) in [7, 11) is 0. The van der Waals surface area contributed by atoms with Crippen LogP contribution in [0.4, 0.5) is 17.1 Å². The molecule has 1 aromatic heterocycles. The molecule has 51 heavy (non-hydrogen) atoms. The summed E-state index contributed by atoms with van der Waals surface area (Å²) in [6, 6.07) is 62.8. The molecule has 0 saturated heterocycles. The summed E-state index contributed by atoms with van der Waals surface area (Å²) >= 11 is 0. The molecule has 0 bridgehead atoms. The number of para-hydroxylation sites is 3. The Bertz CT molecular complexity index is 2720. The van der Waals surface area contributed by atoms with Gasteiger partial charge < -0.3 is 9.47 Å². The van der Waals surface area contributed by atoms with Crippen LogP contribution < -0.4 is 4.90 Å². The number of anilines is 3. The van der Waals surface area contributed by atoms with Gasteiger partial charge in [0.25, 0.3) is 0 Å². The van der Waals surface area contributed by atoms with E-state index >= 15 is 0 Å². The summed E-state index contributed by atoms with van der Waals surface area (Å²) in [6.45, 7) is 0.